The van der Waals surface area contributed by atoms with Gasteiger partial charge in [-0.25, -0.2) is 4.98 Å². The van der Waals surface area contributed by atoms with E-state index in [1.807, 2.05) is 49.4 Å². The first-order chi connectivity index (χ1) is 12.0. The van der Waals surface area contributed by atoms with Gasteiger partial charge in [-0.3, -0.25) is 0 Å². The van der Waals surface area contributed by atoms with Crippen LogP contribution in [0.4, 0.5) is 5.82 Å². The van der Waals surface area contributed by atoms with Gasteiger partial charge in [0.15, 0.2) is 5.11 Å². The SMILES string of the molecule is Cc1nc(NC(=S)NCc2ccc(-c3ccccc3)o2)c(Br)cc1Cl. The zero-order valence-electron chi connectivity index (χ0n) is 13.3. The number of aryl methyl sites for hydroxylation is 1. The van der Waals surface area contributed by atoms with Gasteiger partial charge in [0.05, 0.1) is 21.7 Å². The normalized spacial score (nSPS) is 10.5. The molecule has 1 aromatic carbocycles. The van der Waals surface area contributed by atoms with Crippen LogP contribution in [0.2, 0.25) is 5.02 Å². The fourth-order valence-electron chi connectivity index (χ4n) is 2.20. The average Bonchev–Trinajstić information content (AvgIpc) is 3.08. The Bertz CT molecular complexity index is 899. The molecule has 2 aromatic heterocycles. The third kappa shape index (κ3) is 4.60. The summed E-state index contributed by atoms with van der Waals surface area (Å²) in [5.74, 6) is 2.24. The maximum absolute atomic E-state index is 6.04. The fraction of sp³-hybridized carbons (Fsp3) is 0.111. The zero-order chi connectivity index (χ0) is 17.8. The Hall–Kier alpha value is -1.89. The van der Waals surface area contributed by atoms with Gasteiger partial charge < -0.3 is 15.1 Å². The number of thiocarbonyl (C=S) groups is 1. The molecule has 2 N–H and O–H groups in total. The van der Waals surface area contributed by atoms with Crippen molar-refractivity contribution >= 4 is 50.7 Å². The lowest BCUT2D eigenvalue weighted by atomic mass is 10.2. The second-order valence-corrected chi connectivity index (χ2v) is 7.00. The molecule has 0 aliphatic carbocycles. The lowest BCUT2D eigenvalue weighted by Gasteiger charge is -2.11. The third-order valence-electron chi connectivity index (χ3n) is 3.48. The molecule has 0 fully saturated rings. The number of pyridine rings is 1. The molecule has 4 nitrogen and oxygen atoms in total. The molecule has 25 heavy (non-hydrogen) atoms. The van der Waals surface area contributed by atoms with E-state index >= 15 is 0 Å². The monoisotopic (exact) mass is 435 g/mol. The Kier molecular flexibility index (Phi) is 5.73. The van der Waals surface area contributed by atoms with E-state index < -0.39 is 0 Å². The van der Waals surface area contributed by atoms with Gasteiger partial charge in [0, 0.05) is 5.56 Å². The van der Waals surface area contributed by atoms with E-state index in [1.54, 1.807) is 6.07 Å². The maximum Gasteiger partial charge on any atom is 0.172 e. The van der Waals surface area contributed by atoms with Crippen LogP contribution in [-0.2, 0) is 6.54 Å². The van der Waals surface area contributed by atoms with Crippen molar-refractivity contribution < 1.29 is 4.42 Å². The van der Waals surface area contributed by atoms with Crippen LogP contribution in [0.5, 0.6) is 0 Å². The first-order valence-electron chi connectivity index (χ1n) is 7.54. The minimum Gasteiger partial charge on any atom is -0.459 e. The molecule has 0 amide bonds. The van der Waals surface area contributed by atoms with Gasteiger partial charge >= 0.3 is 0 Å². The zero-order valence-corrected chi connectivity index (χ0v) is 16.5. The number of anilines is 1. The first-order valence-corrected chi connectivity index (χ1v) is 9.12. The molecular weight excluding hydrogens is 422 g/mol. The summed E-state index contributed by atoms with van der Waals surface area (Å²) in [4.78, 5) is 4.37. The molecular formula is C18H15BrClN3OS. The fourth-order valence-corrected chi connectivity index (χ4v) is 3.06. The van der Waals surface area contributed by atoms with Crippen molar-refractivity contribution in [3.63, 3.8) is 0 Å². The second-order valence-electron chi connectivity index (χ2n) is 5.33. The molecule has 0 saturated carbocycles. The molecule has 128 valence electrons. The Morgan fingerprint density at radius 2 is 2.00 bits per heavy atom. The molecule has 3 aromatic rings. The first kappa shape index (κ1) is 17.9. The Labute approximate surface area is 164 Å². The summed E-state index contributed by atoms with van der Waals surface area (Å²) in [5.41, 5.74) is 1.77. The summed E-state index contributed by atoms with van der Waals surface area (Å²) >= 11 is 14.8. The molecule has 0 radical (unpaired) electrons. The van der Waals surface area contributed by atoms with Crippen molar-refractivity contribution in [2.24, 2.45) is 0 Å². The van der Waals surface area contributed by atoms with Crippen molar-refractivity contribution in [3.05, 3.63) is 69.5 Å². The van der Waals surface area contributed by atoms with Crippen molar-refractivity contribution in [2.45, 2.75) is 13.5 Å². The molecule has 3 rings (SSSR count). The quantitative estimate of drug-likeness (QED) is 0.525. The van der Waals surface area contributed by atoms with Crippen molar-refractivity contribution in [2.75, 3.05) is 5.32 Å². The Morgan fingerprint density at radius 1 is 1.24 bits per heavy atom. The van der Waals surface area contributed by atoms with Gasteiger partial charge in [0.2, 0.25) is 0 Å². The lowest BCUT2D eigenvalue weighted by Crippen LogP contribution is -2.28. The van der Waals surface area contributed by atoms with Crippen LogP contribution in [0.3, 0.4) is 0 Å². The Balaban J connectivity index is 1.60. The van der Waals surface area contributed by atoms with Crippen LogP contribution in [0, 0.1) is 6.92 Å². The van der Waals surface area contributed by atoms with E-state index in [0.29, 0.717) is 22.5 Å². The van der Waals surface area contributed by atoms with Gasteiger partial charge in [-0.2, -0.15) is 0 Å². The molecule has 7 heteroatoms. The van der Waals surface area contributed by atoms with Crippen LogP contribution in [0.15, 0.2) is 57.4 Å². The van der Waals surface area contributed by atoms with E-state index in [4.69, 9.17) is 28.2 Å². The van der Waals surface area contributed by atoms with Crippen LogP contribution in [0.25, 0.3) is 11.3 Å². The molecule has 0 atom stereocenters. The predicted molar refractivity (Wildman–Crippen MR) is 109 cm³/mol. The van der Waals surface area contributed by atoms with Gasteiger partial charge in [-0.05, 0) is 53.3 Å². The number of hydrogen-bond donors (Lipinski definition) is 2. The van der Waals surface area contributed by atoms with Crippen LogP contribution in [-0.4, -0.2) is 10.1 Å². The molecule has 0 spiro atoms. The summed E-state index contributed by atoms with van der Waals surface area (Å²) in [6.07, 6.45) is 0. The minimum absolute atomic E-state index is 0.451. The molecule has 0 unspecified atom stereocenters. The van der Waals surface area contributed by atoms with E-state index in [0.717, 1.165) is 27.3 Å². The predicted octanol–water partition coefficient (Wildman–Crippen LogP) is 5.55. The lowest BCUT2D eigenvalue weighted by molar-refractivity contribution is 0.516. The van der Waals surface area contributed by atoms with Gasteiger partial charge in [0.1, 0.15) is 17.3 Å². The molecule has 0 bridgehead atoms. The molecule has 0 aliphatic heterocycles. The number of rotatable bonds is 4. The third-order valence-corrected chi connectivity index (χ3v) is 4.71. The summed E-state index contributed by atoms with van der Waals surface area (Å²) < 4.78 is 6.58. The minimum atomic E-state index is 0.451. The number of nitrogens with one attached hydrogen (secondary N) is 2. The number of nitrogens with zero attached hydrogens (tertiary/aromatic N) is 1. The number of benzene rings is 1. The second kappa shape index (κ2) is 7.99. The van der Waals surface area contributed by atoms with Crippen LogP contribution in [0.1, 0.15) is 11.5 Å². The molecule has 0 saturated heterocycles. The Morgan fingerprint density at radius 3 is 2.76 bits per heavy atom. The highest BCUT2D eigenvalue weighted by atomic mass is 79.9. The van der Waals surface area contributed by atoms with E-state index in [1.165, 1.54) is 0 Å². The van der Waals surface area contributed by atoms with E-state index in [2.05, 4.69) is 31.5 Å². The van der Waals surface area contributed by atoms with E-state index in [-0.39, 0.29) is 0 Å². The number of halogens is 2. The summed E-state index contributed by atoms with van der Waals surface area (Å²) in [7, 11) is 0. The van der Waals surface area contributed by atoms with Gasteiger partial charge in [0.25, 0.3) is 0 Å². The molecule has 2 heterocycles. The number of aromatic nitrogens is 1. The highest BCUT2D eigenvalue weighted by molar-refractivity contribution is 9.10. The van der Waals surface area contributed by atoms with Crippen LogP contribution < -0.4 is 10.6 Å². The van der Waals surface area contributed by atoms with Crippen LogP contribution >= 0.6 is 39.7 Å². The van der Waals surface area contributed by atoms with Gasteiger partial charge in [-0.1, -0.05) is 41.9 Å². The van der Waals surface area contributed by atoms with Crippen molar-refractivity contribution in [1.82, 2.24) is 10.3 Å². The number of furan rings is 1. The maximum atomic E-state index is 6.04. The summed E-state index contributed by atoms with van der Waals surface area (Å²) in [6, 6.07) is 15.6. The smallest absolute Gasteiger partial charge is 0.172 e. The summed E-state index contributed by atoms with van der Waals surface area (Å²) in [5, 5.41) is 7.20. The largest absolute Gasteiger partial charge is 0.459 e. The van der Waals surface area contributed by atoms with Gasteiger partial charge in [-0.15, -0.1) is 0 Å². The van der Waals surface area contributed by atoms with Crippen molar-refractivity contribution in [1.29, 1.82) is 0 Å². The standard InChI is InChI=1S/C18H15BrClN3OS/c1-11-15(20)9-14(19)17(22-11)23-18(25)21-10-13-7-8-16(24-13)12-5-3-2-4-6-12/h2-9H,10H2,1H3,(H2,21,22,23,25). The number of hydrogen-bond acceptors (Lipinski definition) is 3. The summed E-state index contributed by atoms with van der Waals surface area (Å²) in [6.45, 7) is 2.31. The van der Waals surface area contributed by atoms with Crippen molar-refractivity contribution in [3.8, 4) is 11.3 Å². The molecule has 0 aliphatic rings. The highest BCUT2D eigenvalue weighted by Gasteiger charge is 2.09. The highest BCUT2D eigenvalue weighted by Crippen LogP contribution is 2.26. The van der Waals surface area contributed by atoms with E-state index in [9.17, 15) is 0 Å². The topological polar surface area (TPSA) is 50.1 Å². The average molecular weight is 437 g/mol.